The Hall–Kier alpha value is -2.44. The predicted molar refractivity (Wildman–Crippen MR) is 147 cm³/mol. The second-order valence-corrected chi connectivity index (χ2v) is 9.84. The van der Waals surface area contributed by atoms with Crippen molar-refractivity contribution in [2.75, 3.05) is 26.4 Å². The summed E-state index contributed by atoms with van der Waals surface area (Å²) in [5.74, 6) is 0.238. The van der Waals surface area contributed by atoms with Crippen molar-refractivity contribution >= 4 is 11.9 Å². The number of benzene rings is 1. The summed E-state index contributed by atoms with van der Waals surface area (Å²) in [5.41, 5.74) is 4.04. The van der Waals surface area contributed by atoms with Gasteiger partial charge in [0.1, 0.15) is 11.5 Å². The summed E-state index contributed by atoms with van der Waals surface area (Å²) < 4.78 is 22.7. The Labute approximate surface area is 223 Å². The van der Waals surface area contributed by atoms with Crippen LogP contribution in [0.15, 0.2) is 35.9 Å². The number of hydrogen-bond donors (Lipinski definition) is 0. The fourth-order valence-corrected chi connectivity index (χ4v) is 4.73. The van der Waals surface area contributed by atoms with Gasteiger partial charge in [-0.1, -0.05) is 43.6 Å². The van der Waals surface area contributed by atoms with Crippen molar-refractivity contribution in [1.29, 1.82) is 0 Å². The number of ether oxygens (including phenoxy) is 4. The van der Waals surface area contributed by atoms with Crippen molar-refractivity contribution in [2.24, 2.45) is 5.92 Å². The van der Waals surface area contributed by atoms with Crippen LogP contribution in [0.2, 0.25) is 0 Å². The quantitative estimate of drug-likeness (QED) is 0.101. The molecule has 1 aliphatic rings. The third-order valence-corrected chi connectivity index (χ3v) is 6.70. The van der Waals surface area contributed by atoms with Gasteiger partial charge in [-0.25, -0.2) is 0 Å². The number of hydrogen-bond acceptors (Lipinski definition) is 6. The molecule has 6 nitrogen and oxygen atoms in total. The second-order valence-electron chi connectivity index (χ2n) is 9.84. The summed E-state index contributed by atoms with van der Waals surface area (Å²) in [4.78, 5) is 25.6. The molecule has 37 heavy (non-hydrogen) atoms. The van der Waals surface area contributed by atoms with Gasteiger partial charge in [-0.05, 0) is 77.0 Å². The molecule has 1 aromatic rings. The molecule has 0 fully saturated rings. The van der Waals surface area contributed by atoms with E-state index in [1.54, 1.807) is 0 Å². The Balaban J connectivity index is 2.57. The largest absolute Gasteiger partial charge is 0.426 e. The summed E-state index contributed by atoms with van der Waals surface area (Å²) in [7, 11) is 0. The number of aryl methyl sites for hydroxylation is 1. The zero-order valence-corrected chi connectivity index (χ0v) is 23.5. The van der Waals surface area contributed by atoms with Gasteiger partial charge in [0.25, 0.3) is 0 Å². The van der Waals surface area contributed by atoms with Crippen LogP contribution < -0.4 is 9.47 Å². The lowest BCUT2D eigenvalue weighted by molar-refractivity contribution is -0.136. The lowest BCUT2D eigenvalue weighted by atomic mass is 9.73. The number of carbonyl (C=O) groups excluding carboxylic acids is 2. The highest BCUT2D eigenvalue weighted by Crippen LogP contribution is 2.47. The van der Waals surface area contributed by atoms with E-state index in [-0.39, 0.29) is 36.6 Å². The van der Waals surface area contributed by atoms with E-state index in [0.29, 0.717) is 37.9 Å². The van der Waals surface area contributed by atoms with Crippen molar-refractivity contribution < 1.29 is 28.5 Å². The van der Waals surface area contributed by atoms with Crippen molar-refractivity contribution in [3.05, 3.63) is 47.1 Å². The molecule has 2 atom stereocenters. The monoisotopic (exact) mass is 514 g/mol. The molecular weight excluding hydrogens is 468 g/mol. The van der Waals surface area contributed by atoms with E-state index in [2.05, 4.69) is 26.5 Å². The van der Waals surface area contributed by atoms with E-state index in [0.717, 1.165) is 55.2 Å². The minimum Gasteiger partial charge on any atom is -0.426 e. The topological polar surface area (TPSA) is 71.1 Å². The first-order valence-electron chi connectivity index (χ1n) is 13.9. The first kappa shape index (κ1) is 30.8. The van der Waals surface area contributed by atoms with Crippen LogP contribution in [0.3, 0.4) is 0 Å². The summed E-state index contributed by atoms with van der Waals surface area (Å²) in [6.45, 7) is 16.0. The maximum absolute atomic E-state index is 12.8. The minimum atomic E-state index is -0.364. The predicted octanol–water partition coefficient (Wildman–Crippen LogP) is 7.10. The van der Waals surface area contributed by atoms with E-state index in [4.69, 9.17) is 18.9 Å². The van der Waals surface area contributed by atoms with E-state index >= 15 is 0 Å². The van der Waals surface area contributed by atoms with Crippen molar-refractivity contribution in [1.82, 2.24) is 0 Å². The van der Waals surface area contributed by atoms with Gasteiger partial charge < -0.3 is 18.9 Å². The van der Waals surface area contributed by atoms with Crippen molar-refractivity contribution in [3.8, 4) is 11.5 Å². The molecule has 0 spiro atoms. The van der Waals surface area contributed by atoms with Crippen LogP contribution in [0.5, 0.6) is 11.5 Å². The second kappa shape index (κ2) is 16.4. The lowest BCUT2D eigenvalue weighted by Gasteiger charge is -2.32. The van der Waals surface area contributed by atoms with Gasteiger partial charge in [-0.2, -0.15) is 0 Å². The summed E-state index contributed by atoms with van der Waals surface area (Å²) in [6.07, 6.45) is 8.45. The standard InChI is InChI=1S/C31H46O6/c1-7-10-11-12-24-20-27(36-29(32)15-17-34-8-2)31(26-19-23(6)13-14-25(26)22(4)5)28(21-24)37-30(33)16-18-35-9-3/h19-21,25-26H,4,7-18H2,1-3,5-6H3. The third kappa shape index (κ3) is 10.1. The maximum atomic E-state index is 12.8. The normalized spacial score (nSPS) is 17.3. The van der Waals surface area contributed by atoms with Gasteiger partial charge in [-0.15, -0.1) is 0 Å². The highest BCUT2D eigenvalue weighted by atomic mass is 16.6. The molecule has 2 unspecified atom stereocenters. The third-order valence-electron chi connectivity index (χ3n) is 6.70. The lowest BCUT2D eigenvalue weighted by Crippen LogP contribution is -2.21. The Morgan fingerprint density at radius 2 is 1.51 bits per heavy atom. The Kier molecular flexibility index (Phi) is 13.7. The number of esters is 2. The van der Waals surface area contributed by atoms with Gasteiger partial charge >= 0.3 is 11.9 Å². The van der Waals surface area contributed by atoms with Crippen LogP contribution >= 0.6 is 0 Å². The average molecular weight is 515 g/mol. The zero-order valence-electron chi connectivity index (χ0n) is 23.5. The number of allylic oxidation sites excluding steroid dienone is 3. The molecule has 0 saturated carbocycles. The first-order valence-corrected chi connectivity index (χ1v) is 13.9. The molecule has 0 radical (unpaired) electrons. The van der Waals surface area contributed by atoms with Gasteiger partial charge in [0.2, 0.25) is 0 Å². The summed E-state index contributed by atoms with van der Waals surface area (Å²) >= 11 is 0. The molecule has 1 aliphatic carbocycles. The fraction of sp³-hybridized carbons (Fsp3) is 0.613. The van der Waals surface area contributed by atoms with Gasteiger partial charge in [0.15, 0.2) is 0 Å². The molecule has 0 bridgehead atoms. The van der Waals surface area contributed by atoms with E-state index in [9.17, 15) is 9.59 Å². The molecule has 206 valence electrons. The average Bonchev–Trinajstić information content (AvgIpc) is 2.84. The van der Waals surface area contributed by atoms with E-state index in [1.165, 1.54) is 5.57 Å². The van der Waals surface area contributed by atoms with Crippen LogP contribution in [0.25, 0.3) is 0 Å². The summed E-state index contributed by atoms with van der Waals surface area (Å²) in [5, 5.41) is 0. The van der Waals surface area contributed by atoms with Crippen LogP contribution in [-0.2, 0) is 25.5 Å². The van der Waals surface area contributed by atoms with Gasteiger partial charge in [0.05, 0.1) is 26.1 Å². The highest BCUT2D eigenvalue weighted by molar-refractivity contribution is 5.76. The van der Waals surface area contributed by atoms with Crippen molar-refractivity contribution in [2.45, 2.75) is 91.9 Å². The fourth-order valence-electron chi connectivity index (χ4n) is 4.73. The van der Waals surface area contributed by atoms with E-state index < -0.39 is 0 Å². The van der Waals surface area contributed by atoms with Crippen LogP contribution in [0.4, 0.5) is 0 Å². The van der Waals surface area contributed by atoms with Crippen LogP contribution in [0, 0.1) is 5.92 Å². The Morgan fingerprint density at radius 3 is 2.00 bits per heavy atom. The Bertz CT molecular complexity index is 887. The SMILES string of the molecule is C=C(C)C1CCC(C)=CC1c1c(OC(=O)CCOCC)cc(CCCCC)cc1OC(=O)CCOCC. The minimum absolute atomic E-state index is 0.111. The number of unbranched alkanes of at least 4 members (excludes halogenated alkanes) is 2. The number of carbonyl (C=O) groups is 2. The highest BCUT2D eigenvalue weighted by Gasteiger charge is 2.32. The zero-order chi connectivity index (χ0) is 27.2. The van der Waals surface area contributed by atoms with Crippen LogP contribution in [-0.4, -0.2) is 38.4 Å². The van der Waals surface area contributed by atoms with Crippen LogP contribution in [0.1, 0.15) is 96.6 Å². The van der Waals surface area contributed by atoms with Gasteiger partial charge in [0, 0.05) is 24.7 Å². The molecule has 0 aliphatic heterocycles. The number of rotatable bonds is 16. The smallest absolute Gasteiger partial charge is 0.313 e. The maximum Gasteiger partial charge on any atom is 0.313 e. The molecule has 0 amide bonds. The molecule has 0 N–H and O–H groups in total. The molecule has 2 rings (SSSR count). The Morgan fingerprint density at radius 1 is 0.946 bits per heavy atom. The molecule has 6 heteroatoms. The molecular formula is C31H46O6. The van der Waals surface area contributed by atoms with Gasteiger partial charge in [-0.3, -0.25) is 9.59 Å². The van der Waals surface area contributed by atoms with E-state index in [1.807, 2.05) is 32.9 Å². The molecule has 1 aromatic carbocycles. The first-order chi connectivity index (χ1) is 17.8. The molecule has 0 aromatic heterocycles. The van der Waals surface area contributed by atoms with Crippen molar-refractivity contribution in [3.63, 3.8) is 0 Å². The molecule has 0 saturated heterocycles. The molecule has 0 heterocycles. The summed E-state index contributed by atoms with van der Waals surface area (Å²) in [6, 6.07) is 3.91.